The van der Waals surface area contributed by atoms with Crippen LogP contribution in [0.3, 0.4) is 0 Å². The van der Waals surface area contributed by atoms with E-state index in [2.05, 4.69) is 14.5 Å². The fourth-order valence-electron chi connectivity index (χ4n) is 3.12. The molecule has 6 nitrogen and oxygen atoms in total. The van der Waals surface area contributed by atoms with Gasteiger partial charge in [-0.05, 0) is 31.9 Å². The zero-order chi connectivity index (χ0) is 16.5. The number of nitrogens with zero attached hydrogens (tertiary/aromatic N) is 4. The fourth-order valence-corrected chi connectivity index (χ4v) is 3.99. The van der Waals surface area contributed by atoms with Gasteiger partial charge in [0.25, 0.3) is 5.91 Å². The fraction of sp³-hybridized carbons (Fsp3) is 0.353. The van der Waals surface area contributed by atoms with E-state index in [1.165, 1.54) is 11.3 Å². The number of aromatic nitrogens is 3. The molecule has 4 rings (SSSR count). The van der Waals surface area contributed by atoms with Gasteiger partial charge in [0.15, 0.2) is 10.8 Å². The van der Waals surface area contributed by atoms with E-state index in [1.807, 2.05) is 36.5 Å². The molecule has 0 bridgehead atoms. The lowest BCUT2D eigenvalue weighted by Gasteiger charge is -2.33. The molecule has 7 heteroatoms. The van der Waals surface area contributed by atoms with E-state index in [-0.39, 0.29) is 11.9 Å². The zero-order valence-electron chi connectivity index (χ0n) is 13.4. The Morgan fingerprint density at radius 2 is 2.38 bits per heavy atom. The predicted octanol–water partition coefficient (Wildman–Crippen LogP) is 3.39. The van der Waals surface area contributed by atoms with Gasteiger partial charge in [-0.15, -0.1) is 11.3 Å². The lowest BCUT2D eigenvalue weighted by atomic mass is 10.1. The summed E-state index contributed by atoms with van der Waals surface area (Å²) in [6, 6.07) is 3.98. The topological polar surface area (TPSA) is 64.2 Å². The van der Waals surface area contributed by atoms with Gasteiger partial charge >= 0.3 is 0 Å². The molecule has 0 spiro atoms. The summed E-state index contributed by atoms with van der Waals surface area (Å²) in [7, 11) is 0. The Hall–Kier alpha value is -2.41. The second kappa shape index (κ2) is 6.24. The van der Waals surface area contributed by atoms with Crippen molar-refractivity contribution in [3.8, 4) is 10.8 Å². The van der Waals surface area contributed by atoms with Crippen LogP contribution in [0.15, 0.2) is 41.5 Å². The van der Waals surface area contributed by atoms with Crippen molar-refractivity contribution in [2.45, 2.75) is 25.8 Å². The van der Waals surface area contributed by atoms with Crippen molar-refractivity contribution in [3.63, 3.8) is 0 Å². The van der Waals surface area contributed by atoms with Crippen LogP contribution in [0.5, 0.6) is 0 Å². The highest BCUT2D eigenvalue weighted by atomic mass is 32.1. The van der Waals surface area contributed by atoms with E-state index < -0.39 is 0 Å². The van der Waals surface area contributed by atoms with Crippen molar-refractivity contribution in [2.24, 2.45) is 0 Å². The van der Waals surface area contributed by atoms with Gasteiger partial charge in [0, 0.05) is 30.4 Å². The maximum Gasteiger partial charge on any atom is 0.273 e. The van der Waals surface area contributed by atoms with Gasteiger partial charge in [-0.3, -0.25) is 4.79 Å². The van der Waals surface area contributed by atoms with Crippen molar-refractivity contribution >= 4 is 17.2 Å². The third-order valence-corrected chi connectivity index (χ3v) is 5.35. The molecule has 124 valence electrons. The van der Waals surface area contributed by atoms with E-state index in [0.717, 1.165) is 29.3 Å². The van der Waals surface area contributed by atoms with Crippen LogP contribution < -0.4 is 0 Å². The molecule has 0 radical (unpaired) electrons. The first kappa shape index (κ1) is 15.1. The van der Waals surface area contributed by atoms with Crippen molar-refractivity contribution in [3.05, 3.63) is 47.7 Å². The number of furan rings is 1. The van der Waals surface area contributed by atoms with Gasteiger partial charge in [0.2, 0.25) is 0 Å². The number of hydrogen-bond acceptors (Lipinski definition) is 5. The van der Waals surface area contributed by atoms with Gasteiger partial charge in [-0.1, -0.05) is 0 Å². The monoisotopic (exact) mass is 342 g/mol. The number of carbonyl (C=O) groups excluding carboxylic acids is 1. The number of imidazole rings is 1. The second-order valence-electron chi connectivity index (χ2n) is 5.96. The third kappa shape index (κ3) is 2.75. The molecule has 4 heterocycles. The highest BCUT2D eigenvalue weighted by Crippen LogP contribution is 2.30. The van der Waals surface area contributed by atoms with Crippen LogP contribution in [-0.2, 0) is 0 Å². The van der Waals surface area contributed by atoms with Gasteiger partial charge in [-0.2, -0.15) is 0 Å². The number of amides is 1. The van der Waals surface area contributed by atoms with Crippen molar-refractivity contribution in [1.29, 1.82) is 0 Å². The number of aryl methyl sites for hydroxylation is 1. The lowest BCUT2D eigenvalue weighted by molar-refractivity contribution is 0.0673. The molecule has 3 aromatic heterocycles. The van der Waals surface area contributed by atoms with Crippen LogP contribution in [0, 0.1) is 6.92 Å². The minimum atomic E-state index is 0.00590. The largest absolute Gasteiger partial charge is 0.462 e. The number of hydrogen-bond donors (Lipinski definition) is 0. The first-order valence-electron chi connectivity index (χ1n) is 8.00. The molecule has 1 amide bonds. The van der Waals surface area contributed by atoms with Gasteiger partial charge < -0.3 is 13.9 Å². The van der Waals surface area contributed by atoms with Crippen LogP contribution in [0.4, 0.5) is 0 Å². The van der Waals surface area contributed by atoms with E-state index in [1.54, 1.807) is 12.5 Å². The molecule has 24 heavy (non-hydrogen) atoms. The maximum atomic E-state index is 12.9. The number of thiazole rings is 1. The predicted molar refractivity (Wildman–Crippen MR) is 91.0 cm³/mol. The van der Waals surface area contributed by atoms with E-state index in [0.29, 0.717) is 18.0 Å². The summed E-state index contributed by atoms with van der Waals surface area (Å²) in [5, 5.41) is 0.754. The molecular weight excluding hydrogens is 324 g/mol. The molecule has 1 aliphatic rings. The Morgan fingerprint density at radius 3 is 3.12 bits per heavy atom. The molecule has 0 N–H and O–H groups in total. The van der Waals surface area contributed by atoms with Gasteiger partial charge in [0.05, 0.1) is 18.6 Å². The van der Waals surface area contributed by atoms with Crippen LogP contribution in [0.2, 0.25) is 0 Å². The molecule has 1 fully saturated rings. The molecule has 3 aromatic rings. The number of rotatable bonds is 3. The molecule has 0 aliphatic carbocycles. The van der Waals surface area contributed by atoms with E-state index in [4.69, 9.17) is 4.42 Å². The maximum absolute atomic E-state index is 12.9. The van der Waals surface area contributed by atoms with Crippen molar-refractivity contribution in [2.75, 3.05) is 13.1 Å². The Labute approximate surface area is 143 Å². The van der Waals surface area contributed by atoms with Crippen LogP contribution in [0.25, 0.3) is 10.8 Å². The molecule has 1 saturated heterocycles. The average molecular weight is 342 g/mol. The zero-order valence-corrected chi connectivity index (χ0v) is 14.2. The van der Waals surface area contributed by atoms with Crippen molar-refractivity contribution in [1.82, 2.24) is 19.4 Å². The first-order chi connectivity index (χ1) is 11.7. The Morgan fingerprint density at radius 1 is 1.46 bits per heavy atom. The minimum Gasteiger partial charge on any atom is -0.462 e. The molecule has 1 atom stereocenters. The summed E-state index contributed by atoms with van der Waals surface area (Å²) in [4.78, 5) is 24.4. The molecule has 1 aliphatic heterocycles. The number of likely N-dealkylation sites (tertiary alicyclic amines) is 1. The normalized spacial score (nSPS) is 18.0. The van der Waals surface area contributed by atoms with E-state index >= 15 is 0 Å². The summed E-state index contributed by atoms with van der Waals surface area (Å²) >= 11 is 1.50. The molecule has 0 aromatic carbocycles. The minimum absolute atomic E-state index is 0.00590. The summed E-state index contributed by atoms with van der Waals surface area (Å²) < 4.78 is 7.48. The molecular formula is C17H18N4O2S. The summed E-state index contributed by atoms with van der Waals surface area (Å²) in [5.74, 6) is 0.712. The second-order valence-corrected chi connectivity index (χ2v) is 7.16. The summed E-state index contributed by atoms with van der Waals surface area (Å²) in [6.07, 6.45) is 9.23. The molecule has 0 saturated carbocycles. The van der Waals surface area contributed by atoms with E-state index in [9.17, 15) is 4.79 Å². The number of piperidine rings is 1. The first-order valence-corrected chi connectivity index (χ1v) is 8.82. The Kier molecular flexibility index (Phi) is 3.93. The van der Waals surface area contributed by atoms with Crippen LogP contribution in [-0.4, -0.2) is 38.4 Å². The highest BCUT2D eigenvalue weighted by Gasteiger charge is 2.28. The average Bonchev–Trinajstić information content (AvgIpc) is 3.35. The van der Waals surface area contributed by atoms with Gasteiger partial charge in [0.1, 0.15) is 5.69 Å². The van der Waals surface area contributed by atoms with Crippen LogP contribution in [0.1, 0.15) is 34.2 Å². The standard InChI is InChI=1S/C17H18N4O2S/c1-12-15(19-16(24-12)14-5-3-9-23-14)17(22)20-7-2-4-13(10-20)21-8-6-18-11-21/h3,5-6,8-9,11,13H,2,4,7,10H2,1H3. The quantitative estimate of drug-likeness (QED) is 0.732. The SMILES string of the molecule is Cc1sc(-c2ccco2)nc1C(=O)N1CCCC(n2ccnc2)C1. The summed E-state index contributed by atoms with van der Waals surface area (Å²) in [5.41, 5.74) is 0.540. The smallest absolute Gasteiger partial charge is 0.273 e. The Balaban J connectivity index is 1.55. The van der Waals surface area contributed by atoms with Crippen LogP contribution >= 0.6 is 11.3 Å². The van der Waals surface area contributed by atoms with Gasteiger partial charge in [-0.25, -0.2) is 9.97 Å². The summed E-state index contributed by atoms with van der Waals surface area (Å²) in [6.45, 7) is 3.41. The molecule has 1 unspecified atom stereocenters. The third-order valence-electron chi connectivity index (χ3n) is 4.36. The lowest BCUT2D eigenvalue weighted by Crippen LogP contribution is -2.40. The van der Waals surface area contributed by atoms with Crippen molar-refractivity contribution < 1.29 is 9.21 Å². The number of carbonyl (C=O) groups is 1. The Bertz CT molecular complexity index is 823. The highest BCUT2D eigenvalue weighted by molar-refractivity contribution is 7.15.